The van der Waals surface area contributed by atoms with Crippen LogP contribution in [0.1, 0.15) is 12.8 Å². The number of alkyl halides is 3. The lowest BCUT2D eigenvalue weighted by molar-refractivity contribution is -0.192. The summed E-state index contributed by atoms with van der Waals surface area (Å²) in [6, 6.07) is 11.5. The quantitative estimate of drug-likeness (QED) is 0.864. The summed E-state index contributed by atoms with van der Waals surface area (Å²) in [4.78, 5) is 11.5. The van der Waals surface area contributed by atoms with Gasteiger partial charge in [0.1, 0.15) is 0 Å². The van der Waals surface area contributed by atoms with Gasteiger partial charge in [-0.1, -0.05) is 18.2 Å². The maximum atomic E-state index is 10.6. The van der Waals surface area contributed by atoms with Crippen LogP contribution in [0.3, 0.4) is 0 Å². The molecule has 1 aromatic rings. The second-order valence-corrected chi connectivity index (χ2v) is 6.18. The predicted molar refractivity (Wildman–Crippen MR) is 87.7 cm³/mol. The van der Waals surface area contributed by atoms with Crippen LogP contribution in [0, 0.1) is 5.92 Å². The molecule has 3 rings (SSSR count). The number of halogens is 3. The first kappa shape index (κ1) is 19.5. The first-order valence-corrected chi connectivity index (χ1v) is 8.28. The number of nitrogens with one attached hydrogen (secondary N) is 1. The Labute approximate surface area is 144 Å². The first-order chi connectivity index (χ1) is 11.9. The Bertz CT molecular complexity index is 530. The fraction of sp³-hybridized carbons (Fsp3) is 0.588. The summed E-state index contributed by atoms with van der Waals surface area (Å²) in [6.45, 7) is 5.32. The van der Waals surface area contributed by atoms with Crippen molar-refractivity contribution in [2.45, 2.75) is 25.1 Å². The van der Waals surface area contributed by atoms with Crippen molar-refractivity contribution in [1.82, 2.24) is 5.32 Å². The van der Waals surface area contributed by atoms with Crippen molar-refractivity contribution in [1.29, 1.82) is 0 Å². The molecule has 5 nitrogen and oxygen atoms in total. The molecule has 0 atom stereocenters. The standard InChI is InChI=1S/C15H22N2O.C2HF3O2/c1-2-4-14(5-3-1)17(10-13-11-18-12-13)15-6-8-16-9-7-15;3-2(4,5)1(6)7/h1-5,13,15-16H,6-12H2;(H,6,7). The van der Waals surface area contributed by atoms with Gasteiger partial charge in [-0.15, -0.1) is 0 Å². The Kier molecular flexibility index (Phi) is 7.07. The number of hydrogen-bond acceptors (Lipinski definition) is 4. The van der Waals surface area contributed by atoms with Crippen molar-refractivity contribution in [3.63, 3.8) is 0 Å². The number of carboxylic acids is 1. The summed E-state index contributed by atoms with van der Waals surface area (Å²) in [6.07, 6.45) is -2.58. The lowest BCUT2D eigenvalue weighted by Crippen LogP contribution is -2.48. The van der Waals surface area contributed by atoms with Crippen molar-refractivity contribution < 1.29 is 27.8 Å². The number of nitrogens with zero attached hydrogens (tertiary/aromatic N) is 1. The molecule has 2 saturated heterocycles. The third-order valence-electron chi connectivity index (χ3n) is 4.24. The van der Waals surface area contributed by atoms with E-state index in [0.29, 0.717) is 6.04 Å². The Hall–Kier alpha value is -1.80. The number of benzene rings is 1. The summed E-state index contributed by atoms with van der Waals surface area (Å²) in [5, 5.41) is 10.6. The molecule has 2 fully saturated rings. The molecule has 2 N–H and O–H groups in total. The monoisotopic (exact) mass is 360 g/mol. The second kappa shape index (κ2) is 9.05. The van der Waals surface area contributed by atoms with Crippen molar-refractivity contribution in [2.24, 2.45) is 5.92 Å². The second-order valence-electron chi connectivity index (χ2n) is 6.18. The van der Waals surface area contributed by atoms with E-state index in [1.807, 2.05) is 0 Å². The van der Waals surface area contributed by atoms with Gasteiger partial charge in [-0.25, -0.2) is 4.79 Å². The molecule has 0 unspecified atom stereocenters. The molecule has 2 aliphatic heterocycles. The van der Waals surface area contributed by atoms with Gasteiger partial charge in [0.2, 0.25) is 0 Å². The third kappa shape index (κ3) is 6.21. The van der Waals surface area contributed by atoms with Gasteiger partial charge < -0.3 is 20.1 Å². The molecule has 0 saturated carbocycles. The summed E-state index contributed by atoms with van der Waals surface area (Å²) in [7, 11) is 0. The number of carbonyl (C=O) groups is 1. The lowest BCUT2D eigenvalue weighted by atomic mass is 10.00. The van der Waals surface area contributed by atoms with Gasteiger partial charge in [0, 0.05) is 24.2 Å². The van der Waals surface area contributed by atoms with Gasteiger partial charge in [-0.2, -0.15) is 13.2 Å². The van der Waals surface area contributed by atoms with E-state index in [-0.39, 0.29) is 0 Å². The van der Waals surface area contributed by atoms with E-state index in [1.54, 1.807) is 0 Å². The van der Waals surface area contributed by atoms with Crippen molar-refractivity contribution in [3.8, 4) is 0 Å². The Morgan fingerprint density at radius 1 is 1.20 bits per heavy atom. The molecular weight excluding hydrogens is 337 g/mol. The van der Waals surface area contributed by atoms with Crippen LogP contribution in [-0.4, -0.2) is 56.1 Å². The summed E-state index contributed by atoms with van der Waals surface area (Å²) < 4.78 is 37.1. The van der Waals surface area contributed by atoms with Crippen LogP contribution in [-0.2, 0) is 9.53 Å². The fourth-order valence-corrected chi connectivity index (χ4v) is 2.87. The number of aliphatic carboxylic acids is 1. The molecule has 0 spiro atoms. The van der Waals surface area contributed by atoms with E-state index in [4.69, 9.17) is 14.6 Å². The van der Waals surface area contributed by atoms with Crippen molar-refractivity contribution in [3.05, 3.63) is 30.3 Å². The lowest BCUT2D eigenvalue weighted by Gasteiger charge is -2.40. The van der Waals surface area contributed by atoms with E-state index in [9.17, 15) is 13.2 Å². The molecule has 0 aromatic heterocycles. The van der Waals surface area contributed by atoms with Crippen LogP contribution in [0.5, 0.6) is 0 Å². The molecule has 0 bridgehead atoms. The largest absolute Gasteiger partial charge is 0.490 e. The summed E-state index contributed by atoms with van der Waals surface area (Å²) >= 11 is 0. The average molecular weight is 360 g/mol. The molecule has 0 amide bonds. The highest BCUT2D eigenvalue weighted by molar-refractivity contribution is 5.73. The van der Waals surface area contributed by atoms with Crippen molar-refractivity contribution in [2.75, 3.05) is 37.7 Å². The van der Waals surface area contributed by atoms with Gasteiger partial charge in [-0.05, 0) is 38.1 Å². The number of para-hydroxylation sites is 1. The van der Waals surface area contributed by atoms with E-state index in [0.717, 1.165) is 38.8 Å². The van der Waals surface area contributed by atoms with Gasteiger partial charge in [0.25, 0.3) is 0 Å². The van der Waals surface area contributed by atoms with E-state index in [2.05, 4.69) is 40.5 Å². The van der Waals surface area contributed by atoms with E-state index < -0.39 is 12.1 Å². The average Bonchev–Trinajstić information content (AvgIpc) is 2.55. The smallest absolute Gasteiger partial charge is 0.475 e. The summed E-state index contributed by atoms with van der Waals surface area (Å²) in [5.74, 6) is -2.03. The molecule has 25 heavy (non-hydrogen) atoms. The zero-order valence-electron chi connectivity index (χ0n) is 13.8. The molecule has 2 aliphatic rings. The highest BCUT2D eigenvalue weighted by Gasteiger charge is 2.38. The Balaban J connectivity index is 0.000000277. The van der Waals surface area contributed by atoms with Gasteiger partial charge in [0.15, 0.2) is 0 Å². The van der Waals surface area contributed by atoms with Gasteiger partial charge in [-0.3, -0.25) is 0 Å². The topological polar surface area (TPSA) is 61.8 Å². The van der Waals surface area contributed by atoms with Crippen LogP contribution in [0.2, 0.25) is 0 Å². The molecule has 1 aromatic carbocycles. The molecular formula is C17H23F3N2O3. The highest BCUT2D eigenvalue weighted by atomic mass is 19.4. The normalized spacial score (nSPS) is 18.7. The maximum Gasteiger partial charge on any atom is 0.490 e. The number of rotatable bonds is 4. The number of hydrogen-bond donors (Lipinski definition) is 2. The van der Waals surface area contributed by atoms with Gasteiger partial charge >= 0.3 is 12.1 Å². The number of piperidine rings is 1. The van der Waals surface area contributed by atoms with Crippen molar-refractivity contribution >= 4 is 11.7 Å². The van der Waals surface area contributed by atoms with Crippen LogP contribution in [0.4, 0.5) is 18.9 Å². The molecule has 0 aliphatic carbocycles. The minimum atomic E-state index is -5.08. The molecule has 140 valence electrons. The molecule has 0 radical (unpaired) electrons. The number of anilines is 1. The summed E-state index contributed by atoms with van der Waals surface area (Å²) in [5.41, 5.74) is 1.37. The minimum absolute atomic E-state index is 0.689. The van der Waals surface area contributed by atoms with E-state index >= 15 is 0 Å². The molecule has 2 heterocycles. The zero-order chi connectivity index (χ0) is 18.3. The first-order valence-electron chi connectivity index (χ1n) is 8.28. The van der Waals surface area contributed by atoms with Crippen LogP contribution >= 0.6 is 0 Å². The van der Waals surface area contributed by atoms with E-state index in [1.165, 1.54) is 18.5 Å². The molecule has 8 heteroatoms. The van der Waals surface area contributed by atoms with Crippen LogP contribution in [0.25, 0.3) is 0 Å². The number of carboxylic acid groups (broad SMARTS) is 1. The predicted octanol–water partition coefficient (Wildman–Crippen LogP) is 2.52. The Morgan fingerprint density at radius 2 is 1.76 bits per heavy atom. The fourth-order valence-electron chi connectivity index (χ4n) is 2.87. The van der Waals surface area contributed by atoms with Crippen LogP contribution < -0.4 is 10.2 Å². The van der Waals surface area contributed by atoms with Crippen LogP contribution in [0.15, 0.2) is 30.3 Å². The third-order valence-corrected chi connectivity index (χ3v) is 4.24. The minimum Gasteiger partial charge on any atom is -0.475 e. The zero-order valence-corrected chi connectivity index (χ0v) is 13.8. The highest BCUT2D eigenvalue weighted by Crippen LogP contribution is 2.24. The SMILES string of the molecule is O=C(O)C(F)(F)F.c1ccc(N(CC2COC2)C2CCNCC2)cc1. The van der Waals surface area contributed by atoms with Gasteiger partial charge in [0.05, 0.1) is 13.2 Å². The number of ether oxygens (including phenoxy) is 1. The Morgan fingerprint density at radius 3 is 2.20 bits per heavy atom. The maximum absolute atomic E-state index is 10.6.